The molecule has 1 aromatic carbocycles. The van der Waals surface area contributed by atoms with Crippen LogP contribution in [0.2, 0.25) is 0 Å². The highest BCUT2D eigenvalue weighted by atomic mass is 32.1. The van der Waals surface area contributed by atoms with Gasteiger partial charge >= 0.3 is 5.97 Å². The Morgan fingerprint density at radius 1 is 1.11 bits per heavy atom. The maximum absolute atomic E-state index is 13.0. The highest BCUT2D eigenvalue weighted by Gasteiger charge is 2.36. The number of methoxy groups -OCH3 is 2. The lowest BCUT2D eigenvalue weighted by Crippen LogP contribution is -2.28. The maximum Gasteiger partial charge on any atom is 0.311 e. The molecular weight excluding hydrogens is 476 g/mol. The predicted octanol–water partition coefficient (Wildman–Crippen LogP) is 2.58. The van der Waals surface area contributed by atoms with Gasteiger partial charge in [-0.3, -0.25) is 23.5 Å². The number of amides is 1. The Morgan fingerprint density at radius 2 is 1.71 bits per heavy atom. The fraction of sp³-hybridized carbons (Fsp3) is 0.435. The predicted molar refractivity (Wildman–Crippen MR) is 130 cm³/mol. The molecule has 0 bridgehead atoms. The Labute approximate surface area is 207 Å². The Bertz CT molecular complexity index is 1300. The van der Waals surface area contributed by atoms with Crippen molar-refractivity contribution in [1.29, 1.82) is 0 Å². The average molecular weight is 505 g/mol. The first-order chi connectivity index (χ1) is 16.6. The number of aromatic hydroxyl groups is 1. The van der Waals surface area contributed by atoms with Gasteiger partial charge < -0.3 is 19.3 Å². The summed E-state index contributed by atoms with van der Waals surface area (Å²) in [5, 5.41) is 16.4. The lowest BCUT2D eigenvalue weighted by Gasteiger charge is -2.23. The Kier molecular flexibility index (Phi) is 7.64. The summed E-state index contributed by atoms with van der Waals surface area (Å²) in [6, 6.07) is 2.63. The Balaban J connectivity index is 2.15. The van der Waals surface area contributed by atoms with Gasteiger partial charge in [-0.05, 0) is 29.9 Å². The number of ether oxygens (including phenoxy) is 3. The van der Waals surface area contributed by atoms with Gasteiger partial charge in [-0.1, -0.05) is 13.8 Å². The van der Waals surface area contributed by atoms with E-state index in [0.717, 1.165) is 0 Å². The van der Waals surface area contributed by atoms with Crippen molar-refractivity contribution in [1.82, 2.24) is 14.1 Å². The highest BCUT2D eigenvalue weighted by Crippen LogP contribution is 2.43. The van der Waals surface area contributed by atoms with E-state index in [2.05, 4.69) is 5.10 Å². The number of nitrogens with zero attached hydrogens (tertiary/aromatic N) is 4. The molecule has 1 aromatic heterocycles. The van der Waals surface area contributed by atoms with Crippen molar-refractivity contribution in [3.8, 4) is 23.1 Å². The van der Waals surface area contributed by atoms with E-state index in [-0.39, 0.29) is 64.3 Å². The van der Waals surface area contributed by atoms with E-state index in [4.69, 9.17) is 26.4 Å². The van der Waals surface area contributed by atoms with Gasteiger partial charge in [0.2, 0.25) is 17.5 Å². The van der Waals surface area contributed by atoms with Crippen LogP contribution in [-0.4, -0.2) is 51.1 Å². The fourth-order valence-electron chi connectivity index (χ4n) is 3.78. The van der Waals surface area contributed by atoms with Crippen LogP contribution in [-0.2, 0) is 23.7 Å². The third kappa shape index (κ3) is 4.65. The van der Waals surface area contributed by atoms with Gasteiger partial charge in [-0.25, -0.2) is 5.01 Å². The lowest BCUT2D eigenvalue weighted by molar-refractivity contribution is -0.134. The Hall–Kier alpha value is -3.67. The number of hydrogen-bond donors (Lipinski definition) is 1. The average Bonchev–Trinajstić information content (AvgIpc) is 3.30. The van der Waals surface area contributed by atoms with E-state index in [1.807, 2.05) is 0 Å². The van der Waals surface area contributed by atoms with Crippen molar-refractivity contribution in [2.24, 2.45) is 19.2 Å². The van der Waals surface area contributed by atoms with Crippen LogP contribution < -0.4 is 19.8 Å². The van der Waals surface area contributed by atoms with E-state index < -0.39 is 17.6 Å². The number of hydrazone groups is 1. The standard InChI is InChI=1S/C23H28N4O7S/c1-7-17(28)27-14(11-13(24-27)19-21(30)25(3)23(35)26(4)22(19)31)12-9-15(32-5)20(16(10-12)33-6)34-18(29)8-2/h9-10,14,30H,7-8,11H2,1-6H3. The molecule has 2 heterocycles. The molecule has 1 aliphatic rings. The molecule has 1 N–H and O–H groups in total. The summed E-state index contributed by atoms with van der Waals surface area (Å²) < 4.78 is 19.0. The minimum atomic E-state index is -0.631. The molecule has 1 atom stereocenters. The second-order valence-electron chi connectivity index (χ2n) is 7.85. The molecule has 35 heavy (non-hydrogen) atoms. The number of benzene rings is 1. The van der Waals surface area contributed by atoms with Gasteiger partial charge in [0.25, 0.3) is 5.56 Å². The van der Waals surface area contributed by atoms with Crippen molar-refractivity contribution in [3.63, 3.8) is 0 Å². The quantitative estimate of drug-likeness (QED) is 0.347. The number of aromatic nitrogens is 2. The molecular formula is C23H28N4O7S. The molecule has 0 spiro atoms. The van der Waals surface area contributed by atoms with Crippen LogP contribution in [0.15, 0.2) is 22.0 Å². The van der Waals surface area contributed by atoms with Crippen LogP contribution >= 0.6 is 12.2 Å². The fourth-order valence-corrected chi connectivity index (χ4v) is 3.95. The molecule has 0 radical (unpaired) electrons. The summed E-state index contributed by atoms with van der Waals surface area (Å²) in [6.45, 7) is 3.36. The molecule has 0 fully saturated rings. The number of rotatable bonds is 7. The molecule has 0 aliphatic carbocycles. The third-order valence-corrected chi connectivity index (χ3v) is 6.31. The molecule has 0 saturated carbocycles. The third-order valence-electron chi connectivity index (χ3n) is 5.76. The van der Waals surface area contributed by atoms with Crippen LogP contribution in [0.25, 0.3) is 0 Å². The first kappa shape index (κ1) is 25.9. The molecule has 3 rings (SSSR count). The summed E-state index contributed by atoms with van der Waals surface area (Å²) in [7, 11) is 5.88. The van der Waals surface area contributed by atoms with Gasteiger partial charge in [0.1, 0.15) is 5.56 Å². The monoisotopic (exact) mass is 504 g/mol. The first-order valence-corrected chi connectivity index (χ1v) is 11.4. The van der Waals surface area contributed by atoms with Crippen LogP contribution in [0.3, 0.4) is 0 Å². The minimum absolute atomic E-state index is 0.0348. The van der Waals surface area contributed by atoms with Crippen molar-refractivity contribution in [3.05, 3.63) is 38.4 Å². The number of carbonyl (C=O) groups excluding carboxylic acids is 2. The normalized spacial score (nSPS) is 15.1. The zero-order chi connectivity index (χ0) is 26.0. The second kappa shape index (κ2) is 10.3. The van der Waals surface area contributed by atoms with Crippen molar-refractivity contribution in [2.45, 2.75) is 39.2 Å². The molecule has 12 heteroatoms. The SMILES string of the molecule is CCC(=O)Oc1c(OC)cc(C2CC(c3c(O)n(C)c(=S)n(C)c3=O)=NN2C(=O)CC)cc1OC. The largest absolute Gasteiger partial charge is 0.494 e. The van der Waals surface area contributed by atoms with Crippen molar-refractivity contribution in [2.75, 3.05) is 14.2 Å². The smallest absolute Gasteiger partial charge is 0.311 e. The van der Waals surface area contributed by atoms with Gasteiger partial charge in [-0.15, -0.1) is 0 Å². The maximum atomic E-state index is 13.0. The summed E-state index contributed by atoms with van der Waals surface area (Å²) in [4.78, 5) is 37.7. The summed E-state index contributed by atoms with van der Waals surface area (Å²) in [5.41, 5.74) is 0.259. The van der Waals surface area contributed by atoms with Crippen LogP contribution in [0.4, 0.5) is 0 Å². The zero-order valence-electron chi connectivity index (χ0n) is 20.4. The first-order valence-electron chi connectivity index (χ1n) is 10.9. The van der Waals surface area contributed by atoms with Crippen molar-refractivity contribution < 1.29 is 28.9 Å². The van der Waals surface area contributed by atoms with E-state index in [1.165, 1.54) is 42.5 Å². The van der Waals surface area contributed by atoms with Gasteiger partial charge in [0.05, 0.1) is 26.0 Å². The van der Waals surface area contributed by atoms with Gasteiger partial charge in [0, 0.05) is 33.4 Å². The number of esters is 1. The van der Waals surface area contributed by atoms with Crippen LogP contribution in [0, 0.1) is 4.77 Å². The molecule has 1 aliphatic heterocycles. The van der Waals surface area contributed by atoms with E-state index in [1.54, 1.807) is 26.0 Å². The summed E-state index contributed by atoms with van der Waals surface area (Å²) in [6.07, 6.45) is 0.452. The van der Waals surface area contributed by atoms with Crippen LogP contribution in [0.1, 0.15) is 50.3 Å². The molecule has 1 unspecified atom stereocenters. The van der Waals surface area contributed by atoms with E-state index >= 15 is 0 Å². The summed E-state index contributed by atoms with van der Waals surface area (Å²) >= 11 is 5.19. The zero-order valence-corrected chi connectivity index (χ0v) is 21.3. The molecule has 0 saturated heterocycles. The van der Waals surface area contributed by atoms with Crippen LogP contribution in [0.5, 0.6) is 23.1 Å². The summed E-state index contributed by atoms with van der Waals surface area (Å²) in [5.74, 6) is -0.493. The topological polar surface area (TPSA) is 125 Å². The lowest BCUT2D eigenvalue weighted by atomic mass is 9.98. The minimum Gasteiger partial charge on any atom is -0.494 e. The number of carbonyl (C=O) groups is 2. The van der Waals surface area contributed by atoms with Gasteiger partial charge in [-0.2, -0.15) is 5.10 Å². The highest BCUT2D eigenvalue weighted by molar-refractivity contribution is 7.71. The molecule has 1 amide bonds. The van der Waals surface area contributed by atoms with E-state index in [0.29, 0.717) is 5.56 Å². The number of hydrogen-bond acceptors (Lipinski definition) is 9. The van der Waals surface area contributed by atoms with E-state index in [9.17, 15) is 19.5 Å². The van der Waals surface area contributed by atoms with Gasteiger partial charge in [0.15, 0.2) is 16.3 Å². The Morgan fingerprint density at radius 3 is 2.23 bits per heavy atom. The molecule has 11 nitrogen and oxygen atoms in total. The molecule has 188 valence electrons. The van der Waals surface area contributed by atoms with Crippen molar-refractivity contribution >= 4 is 29.8 Å². The molecule has 2 aromatic rings. The second-order valence-corrected chi connectivity index (χ2v) is 8.21.